The Morgan fingerprint density at radius 3 is 2.73 bits per heavy atom. The number of carbonyl (C=O) groups is 2. The molecule has 0 aliphatic rings. The van der Waals surface area contributed by atoms with E-state index in [1.807, 2.05) is 0 Å². The van der Waals surface area contributed by atoms with Crippen molar-refractivity contribution in [2.24, 2.45) is 0 Å². The number of hydrogen-bond acceptors (Lipinski definition) is 2. The molecule has 0 aliphatic heterocycles. The lowest BCUT2D eigenvalue weighted by Crippen LogP contribution is -2.21. The zero-order valence-corrected chi connectivity index (χ0v) is 5.50. The predicted octanol–water partition coefficient (Wildman–Crippen LogP) is 0.0378. The average molecular weight is 154 g/mol. The molecule has 0 aliphatic carbocycles. The summed E-state index contributed by atoms with van der Waals surface area (Å²) in [5.41, 5.74) is 0.442. The van der Waals surface area contributed by atoms with Gasteiger partial charge in [0.15, 0.2) is 0 Å². The Morgan fingerprint density at radius 1 is 1.55 bits per heavy atom. The van der Waals surface area contributed by atoms with E-state index in [2.05, 4.69) is 10.3 Å². The molecule has 1 aromatic heterocycles. The van der Waals surface area contributed by atoms with Crippen LogP contribution in [0.15, 0.2) is 18.5 Å². The topological polar surface area (TPSA) is 82.2 Å². The number of aromatic nitrogens is 1. The SMILES string of the molecule is O=C(O)C(=O)Nc1cc[nH]c1. The maximum absolute atomic E-state index is 10.5. The molecule has 0 radical (unpaired) electrons. The van der Waals surface area contributed by atoms with Crippen LogP contribution in [0.2, 0.25) is 0 Å². The standard InChI is InChI=1S/C6H6N2O3/c9-5(6(10)11)8-4-1-2-7-3-4/h1-3,7H,(H,8,9)(H,10,11). The lowest BCUT2D eigenvalue weighted by molar-refractivity contribution is -0.147. The van der Waals surface area contributed by atoms with Crippen LogP contribution < -0.4 is 5.32 Å². The summed E-state index contributed by atoms with van der Waals surface area (Å²) in [5, 5.41) is 10.3. The molecule has 0 saturated heterocycles. The molecule has 0 saturated carbocycles. The van der Waals surface area contributed by atoms with Crippen molar-refractivity contribution in [3.8, 4) is 0 Å². The highest BCUT2D eigenvalue weighted by Crippen LogP contribution is 2.02. The van der Waals surface area contributed by atoms with E-state index in [1.165, 1.54) is 6.20 Å². The number of amides is 1. The van der Waals surface area contributed by atoms with Crippen molar-refractivity contribution in [3.05, 3.63) is 18.5 Å². The monoisotopic (exact) mass is 154 g/mol. The van der Waals surface area contributed by atoms with Gasteiger partial charge in [0.2, 0.25) is 0 Å². The number of carboxylic acid groups (broad SMARTS) is 1. The first-order chi connectivity index (χ1) is 5.20. The second-order valence-electron chi connectivity index (χ2n) is 1.86. The van der Waals surface area contributed by atoms with Gasteiger partial charge in [0.25, 0.3) is 0 Å². The molecule has 58 valence electrons. The fourth-order valence-corrected chi connectivity index (χ4v) is 0.586. The van der Waals surface area contributed by atoms with E-state index in [0.717, 1.165) is 0 Å². The Bertz CT molecular complexity index is 265. The van der Waals surface area contributed by atoms with Crippen molar-refractivity contribution in [2.45, 2.75) is 0 Å². The van der Waals surface area contributed by atoms with Crippen molar-refractivity contribution in [2.75, 3.05) is 5.32 Å². The van der Waals surface area contributed by atoms with Gasteiger partial charge in [0, 0.05) is 12.4 Å². The molecule has 1 aromatic rings. The van der Waals surface area contributed by atoms with E-state index in [4.69, 9.17) is 5.11 Å². The number of nitrogens with one attached hydrogen (secondary N) is 2. The zero-order valence-electron chi connectivity index (χ0n) is 5.50. The van der Waals surface area contributed by atoms with Crippen molar-refractivity contribution in [1.29, 1.82) is 0 Å². The number of carbonyl (C=O) groups excluding carboxylic acids is 1. The molecule has 0 spiro atoms. The number of anilines is 1. The first kappa shape index (κ1) is 7.33. The molecular formula is C6H6N2O3. The van der Waals surface area contributed by atoms with E-state index in [0.29, 0.717) is 5.69 Å². The van der Waals surface area contributed by atoms with Gasteiger partial charge >= 0.3 is 11.9 Å². The van der Waals surface area contributed by atoms with Crippen molar-refractivity contribution in [1.82, 2.24) is 4.98 Å². The normalized spacial score (nSPS) is 9.09. The van der Waals surface area contributed by atoms with Gasteiger partial charge < -0.3 is 15.4 Å². The van der Waals surface area contributed by atoms with Crippen molar-refractivity contribution < 1.29 is 14.7 Å². The Morgan fingerprint density at radius 2 is 2.27 bits per heavy atom. The summed E-state index contributed by atoms with van der Waals surface area (Å²) in [5.74, 6) is -2.53. The van der Waals surface area contributed by atoms with Gasteiger partial charge in [0.05, 0.1) is 5.69 Å². The van der Waals surface area contributed by atoms with Crippen LogP contribution in [0.25, 0.3) is 0 Å². The molecule has 11 heavy (non-hydrogen) atoms. The molecule has 0 aromatic carbocycles. The molecule has 0 unspecified atom stereocenters. The summed E-state index contributed by atoms with van der Waals surface area (Å²) in [6.45, 7) is 0. The average Bonchev–Trinajstić information content (AvgIpc) is 2.39. The summed E-state index contributed by atoms with van der Waals surface area (Å²) < 4.78 is 0. The molecule has 1 amide bonds. The summed E-state index contributed by atoms with van der Waals surface area (Å²) in [7, 11) is 0. The van der Waals surface area contributed by atoms with E-state index >= 15 is 0 Å². The number of aliphatic carboxylic acids is 1. The minimum atomic E-state index is -1.49. The molecule has 0 bridgehead atoms. The van der Waals surface area contributed by atoms with E-state index in [1.54, 1.807) is 12.3 Å². The van der Waals surface area contributed by atoms with Crippen LogP contribution in [0.1, 0.15) is 0 Å². The third-order valence-electron chi connectivity index (χ3n) is 1.05. The molecule has 3 N–H and O–H groups in total. The molecule has 0 fully saturated rings. The third kappa shape index (κ3) is 1.82. The van der Waals surface area contributed by atoms with Gasteiger partial charge in [-0.3, -0.25) is 4.79 Å². The highest BCUT2D eigenvalue weighted by molar-refractivity contribution is 6.36. The maximum atomic E-state index is 10.5. The Hall–Kier alpha value is -1.78. The summed E-state index contributed by atoms with van der Waals surface area (Å²) in [4.78, 5) is 23.2. The lowest BCUT2D eigenvalue weighted by atomic mass is 10.5. The molecule has 1 rings (SSSR count). The smallest absolute Gasteiger partial charge is 0.394 e. The van der Waals surface area contributed by atoms with Crippen LogP contribution in [-0.2, 0) is 9.59 Å². The van der Waals surface area contributed by atoms with Crippen LogP contribution in [0.5, 0.6) is 0 Å². The fourth-order valence-electron chi connectivity index (χ4n) is 0.586. The van der Waals surface area contributed by atoms with Crippen molar-refractivity contribution >= 4 is 17.6 Å². The minimum Gasteiger partial charge on any atom is -0.474 e. The predicted molar refractivity (Wildman–Crippen MR) is 37.1 cm³/mol. The number of H-pyrrole nitrogens is 1. The molecular weight excluding hydrogens is 148 g/mol. The largest absolute Gasteiger partial charge is 0.474 e. The number of aromatic amines is 1. The number of carboxylic acids is 1. The van der Waals surface area contributed by atoms with E-state index in [-0.39, 0.29) is 0 Å². The van der Waals surface area contributed by atoms with Gasteiger partial charge in [-0.1, -0.05) is 0 Å². The van der Waals surface area contributed by atoms with Crippen LogP contribution in [-0.4, -0.2) is 22.0 Å². The summed E-state index contributed by atoms with van der Waals surface area (Å²) in [6.07, 6.45) is 3.07. The molecule has 5 nitrogen and oxygen atoms in total. The van der Waals surface area contributed by atoms with Crippen LogP contribution in [0, 0.1) is 0 Å². The Labute approximate surface area is 62.0 Å². The van der Waals surface area contributed by atoms with Crippen LogP contribution in [0.4, 0.5) is 5.69 Å². The summed E-state index contributed by atoms with van der Waals surface area (Å²) in [6, 6.07) is 1.56. The Balaban J connectivity index is 2.57. The number of rotatable bonds is 1. The third-order valence-corrected chi connectivity index (χ3v) is 1.05. The fraction of sp³-hybridized carbons (Fsp3) is 0. The van der Waals surface area contributed by atoms with Gasteiger partial charge in [-0.15, -0.1) is 0 Å². The van der Waals surface area contributed by atoms with Crippen molar-refractivity contribution in [3.63, 3.8) is 0 Å². The van der Waals surface area contributed by atoms with Gasteiger partial charge in [-0.05, 0) is 6.07 Å². The van der Waals surface area contributed by atoms with Crippen LogP contribution in [0.3, 0.4) is 0 Å². The summed E-state index contributed by atoms with van der Waals surface area (Å²) >= 11 is 0. The second-order valence-corrected chi connectivity index (χ2v) is 1.86. The van der Waals surface area contributed by atoms with Crippen LogP contribution >= 0.6 is 0 Å². The quantitative estimate of drug-likeness (QED) is 0.499. The first-order valence-electron chi connectivity index (χ1n) is 2.87. The second kappa shape index (κ2) is 2.87. The Kier molecular flexibility index (Phi) is 1.91. The molecule has 5 heteroatoms. The first-order valence-corrected chi connectivity index (χ1v) is 2.87. The maximum Gasteiger partial charge on any atom is 0.394 e. The zero-order chi connectivity index (χ0) is 8.27. The molecule has 1 heterocycles. The highest BCUT2D eigenvalue weighted by Gasteiger charge is 2.10. The van der Waals surface area contributed by atoms with Gasteiger partial charge in [0.1, 0.15) is 0 Å². The number of hydrogen-bond donors (Lipinski definition) is 3. The van der Waals surface area contributed by atoms with E-state index in [9.17, 15) is 9.59 Å². The van der Waals surface area contributed by atoms with Gasteiger partial charge in [-0.25, -0.2) is 4.79 Å². The molecule has 0 atom stereocenters. The lowest BCUT2D eigenvalue weighted by Gasteiger charge is -1.94. The highest BCUT2D eigenvalue weighted by atomic mass is 16.4. The van der Waals surface area contributed by atoms with E-state index < -0.39 is 11.9 Å². The minimum absolute atomic E-state index is 0.442. The van der Waals surface area contributed by atoms with Gasteiger partial charge in [-0.2, -0.15) is 0 Å².